The fourth-order valence-corrected chi connectivity index (χ4v) is 4.37. The smallest absolute Gasteiger partial charge is 0.336 e. The maximum absolute atomic E-state index is 13.5. The molecule has 0 spiro atoms. The molecule has 3 aromatic rings. The number of rotatable bonds is 8. The maximum atomic E-state index is 13.5. The van der Waals surface area contributed by atoms with E-state index in [0.29, 0.717) is 17.1 Å². The van der Waals surface area contributed by atoms with E-state index in [1.807, 2.05) is 31.2 Å². The van der Waals surface area contributed by atoms with Crippen LogP contribution in [0.5, 0.6) is 23.0 Å². The van der Waals surface area contributed by atoms with Gasteiger partial charge < -0.3 is 18.9 Å². The molecule has 0 unspecified atom stereocenters. The number of hydrogen-bond acceptors (Lipinski definition) is 7. The summed E-state index contributed by atoms with van der Waals surface area (Å²) in [5, 5.41) is 2.58. The minimum absolute atomic E-state index is 0.0371. The van der Waals surface area contributed by atoms with Gasteiger partial charge in [-0.05, 0) is 36.3 Å². The van der Waals surface area contributed by atoms with Crippen LogP contribution in [0.2, 0.25) is 10.0 Å². The van der Waals surface area contributed by atoms with E-state index in [0.717, 1.165) is 16.0 Å². The van der Waals surface area contributed by atoms with Crippen molar-refractivity contribution in [2.24, 2.45) is 0 Å². The summed E-state index contributed by atoms with van der Waals surface area (Å²) in [4.78, 5) is 39.7. The van der Waals surface area contributed by atoms with Crippen molar-refractivity contribution >= 4 is 52.8 Å². The second kappa shape index (κ2) is 11.7. The van der Waals surface area contributed by atoms with Gasteiger partial charge in [-0.25, -0.2) is 9.69 Å². The SMILES string of the molecule is COc1cc(N2C(=O)NC(=O)/C(=C\c3cc(Cl)c(OCc4ccc(C)cc4)c(OC)c3)C2=O)c(OC)cc1Cl. The van der Waals surface area contributed by atoms with Crippen molar-refractivity contribution in [1.82, 2.24) is 5.32 Å². The molecule has 4 rings (SSSR count). The molecular weight excluding hydrogens is 547 g/mol. The Bertz CT molecular complexity index is 1490. The third-order valence-corrected chi connectivity index (χ3v) is 6.44. The van der Waals surface area contributed by atoms with Gasteiger partial charge in [0.2, 0.25) is 0 Å². The monoisotopic (exact) mass is 570 g/mol. The van der Waals surface area contributed by atoms with Gasteiger partial charge in [0.15, 0.2) is 11.5 Å². The molecule has 1 saturated heterocycles. The number of methoxy groups -OCH3 is 3. The summed E-state index contributed by atoms with van der Waals surface area (Å²) in [6.07, 6.45) is 1.30. The zero-order valence-electron chi connectivity index (χ0n) is 21.5. The molecule has 0 bridgehead atoms. The number of imide groups is 2. The van der Waals surface area contributed by atoms with Crippen LogP contribution in [0.3, 0.4) is 0 Å². The molecule has 0 aliphatic carbocycles. The number of aryl methyl sites for hydroxylation is 1. The topological polar surface area (TPSA) is 103 Å². The van der Waals surface area contributed by atoms with Gasteiger partial charge in [-0.3, -0.25) is 14.9 Å². The maximum Gasteiger partial charge on any atom is 0.336 e. The fourth-order valence-electron chi connectivity index (χ4n) is 3.86. The Morgan fingerprint density at radius 2 is 1.51 bits per heavy atom. The normalized spacial score (nSPS) is 14.4. The molecule has 0 aromatic heterocycles. The molecule has 4 amide bonds. The van der Waals surface area contributed by atoms with Crippen molar-refractivity contribution in [3.63, 3.8) is 0 Å². The van der Waals surface area contributed by atoms with E-state index in [-0.39, 0.29) is 39.4 Å². The lowest BCUT2D eigenvalue weighted by molar-refractivity contribution is -0.122. The minimum atomic E-state index is -0.958. The minimum Gasteiger partial charge on any atom is -0.495 e. The second-order valence-electron chi connectivity index (χ2n) is 8.42. The standard InChI is InChI=1S/C28H24Cl2N2O7/c1-15-5-7-16(8-6-15)14-39-25-20(30)10-17(11-24(25)38-4)9-18-26(33)31-28(35)32(27(18)34)21-13-22(36-2)19(29)12-23(21)37-3/h5-13H,14H2,1-4H3,(H,31,33,35)/b18-9+. The third kappa shape index (κ3) is 5.79. The Hall–Kier alpha value is -4.21. The van der Waals surface area contributed by atoms with Gasteiger partial charge in [0, 0.05) is 12.1 Å². The molecule has 0 atom stereocenters. The van der Waals surface area contributed by atoms with Crippen LogP contribution in [-0.4, -0.2) is 39.2 Å². The van der Waals surface area contributed by atoms with Crippen molar-refractivity contribution in [2.45, 2.75) is 13.5 Å². The molecule has 1 fully saturated rings. The van der Waals surface area contributed by atoms with E-state index in [9.17, 15) is 14.4 Å². The highest BCUT2D eigenvalue weighted by atomic mass is 35.5. The van der Waals surface area contributed by atoms with Gasteiger partial charge in [-0.2, -0.15) is 0 Å². The Morgan fingerprint density at radius 3 is 2.15 bits per heavy atom. The molecule has 1 aliphatic rings. The molecule has 1 aliphatic heterocycles. The van der Waals surface area contributed by atoms with Gasteiger partial charge >= 0.3 is 6.03 Å². The van der Waals surface area contributed by atoms with Gasteiger partial charge in [0.05, 0.1) is 37.1 Å². The number of carbonyl (C=O) groups is 3. The van der Waals surface area contributed by atoms with E-state index in [2.05, 4.69) is 5.32 Å². The molecule has 1 heterocycles. The average molecular weight is 571 g/mol. The molecule has 202 valence electrons. The summed E-state index contributed by atoms with van der Waals surface area (Å²) in [5.74, 6) is -0.846. The van der Waals surface area contributed by atoms with Crippen molar-refractivity contribution in [1.29, 1.82) is 0 Å². The summed E-state index contributed by atoms with van der Waals surface area (Å²) in [5.41, 5.74) is 2.15. The number of nitrogens with zero attached hydrogens (tertiary/aromatic N) is 1. The van der Waals surface area contributed by atoms with Crippen molar-refractivity contribution < 1.29 is 33.3 Å². The summed E-state index contributed by atoms with van der Waals surface area (Å²) in [7, 11) is 4.18. The molecule has 3 aromatic carbocycles. The number of benzene rings is 3. The van der Waals surface area contributed by atoms with Crippen LogP contribution >= 0.6 is 23.2 Å². The zero-order valence-corrected chi connectivity index (χ0v) is 23.0. The average Bonchev–Trinajstić information content (AvgIpc) is 2.91. The molecule has 39 heavy (non-hydrogen) atoms. The zero-order chi connectivity index (χ0) is 28.3. The van der Waals surface area contributed by atoms with Gasteiger partial charge in [-0.1, -0.05) is 53.0 Å². The number of amides is 4. The predicted molar refractivity (Wildman–Crippen MR) is 147 cm³/mol. The first kappa shape index (κ1) is 27.8. The summed E-state index contributed by atoms with van der Waals surface area (Å²) in [6.45, 7) is 2.24. The second-order valence-corrected chi connectivity index (χ2v) is 9.24. The molecule has 0 radical (unpaired) electrons. The van der Waals surface area contributed by atoms with E-state index < -0.39 is 17.8 Å². The first-order valence-corrected chi connectivity index (χ1v) is 12.3. The molecule has 9 nitrogen and oxygen atoms in total. The van der Waals surface area contributed by atoms with E-state index in [1.165, 1.54) is 45.6 Å². The van der Waals surface area contributed by atoms with Crippen molar-refractivity contribution in [3.05, 3.63) is 80.8 Å². The summed E-state index contributed by atoms with van der Waals surface area (Å²) in [6, 6.07) is 12.7. The highest BCUT2D eigenvalue weighted by molar-refractivity contribution is 6.40. The van der Waals surface area contributed by atoms with Gasteiger partial charge in [0.25, 0.3) is 11.8 Å². The molecule has 11 heteroatoms. The number of ether oxygens (including phenoxy) is 4. The van der Waals surface area contributed by atoms with E-state index in [1.54, 1.807) is 6.07 Å². The fraction of sp³-hybridized carbons (Fsp3) is 0.179. The first-order chi connectivity index (χ1) is 18.7. The van der Waals surface area contributed by atoms with Crippen LogP contribution in [0.25, 0.3) is 6.08 Å². The highest BCUT2D eigenvalue weighted by Crippen LogP contribution is 2.40. The van der Waals surface area contributed by atoms with Crippen LogP contribution in [0.15, 0.2) is 54.1 Å². The highest BCUT2D eigenvalue weighted by Gasteiger charge is 2.38. The quantitative estimate of drug-likeness (QED) is 0.279. The number of anilines is 1. The lowest BCUT2D eigenvalue weighted by atomic mass is 10.1. The molecular formula is C28H24Cl2N2O7. The number of urea groups is 1. The number of halogens is 2. The largest absolute Gasteiger partial charge is 0.495 e. The number of nitrogens with one attached hydrogen (secondary N) is 1. The lowest BCUT2D eigenvalue weighted by Crippen LogP contribution is -2.54. The van der Waals surface area contributed by atoms with Gasteiger partial charge in [0.1, 0.15) is 23.7 Å². The number of carbonyl (C=O) groups excluding carboxylic acids is 3. The van der Waals surface area contributed by atoms with Gasteiger partial charge in [-0.15, -0.1) is 0 Å². The lowest BCUT2D eigenvalue weighted by Gasteiger charge is -2.28. The Morgan fingerprint density at radius 1 is 0.846 bits per heavy atom. The molecule has 0 saturated carbocycles. The third-order valence-electron chi connectivity index (χ3n) is 5.86. The Kier molecular flexibility index (Phi) is 8.32. The molecule has 1 N–H and O–H groups in total. The number of barbiturate groups is 1. The summed E-state index contributed by atoms with van der Waals surface area (Å²) >= 11 is 12.7. The van der Waals surface area contributed by atoms with Crippen LogP contribution < -0.4 is 29.2 Å². The van der Waals surface area contributed by atoms with Crippen LogP contribution in [0, 0.1) is 6.92 Å². The van der Waals surface area contributed by atoms with Crippen LogP contribution in [0.1, 0.15) is 16.7 Å². The Balaban J connectivity index is 1.68. The van der Waals surface area contributed by atoms with E-state index >= 15 is 0 Å². The van der Waals surface area contributed by atoms with Crippen molar-refractivity contribution in [2.75, 3.05) is 26.2 Å². The van der Waals surface area contributed by atoms with Crippen molar-refractivity contribution in [3.8, 4) is 23.0 Å². The van der Waals surface area contributed by atoms with E-state index in [4.69, 9.17) is 42.1 Å². The predicted octanol–water partition coefficient (Wildman–Crippen LogP) is 5.57. The first-order valence-electron chi connectivity index (χ1n) is 11.6. The summed E-state index contributed by atoms with van der Waals surface area (Å²) < 4.78 is 21.9. The Labute approximate surface area is 234 Å². The van der Waals surface area contributed by atoms with Crippen LogP contribution in [-0.2, 0) is 16.2 Å². The van der Waals surface area contributed by atoms with Crippen LogP contribution in [0.4, 0.5) is 10.5 Å². The number of hydrogen-bond donors (Lipinski definition) is 1.